The summed E-state index contributed by atoms with van der Waals surface area (Å²) in [4.78, 5) is 0. The van der Waals surface area contributed by atoms with E-state index >= 15 is 0 Å². The molecule has 1 heteroatoms. The second-order valence-corrected chi connectivity index (χ2v) is 4.47. The normalized spacial score (nSPS) is 32.0. The number of ether oxygens (including phenoxy) is 1. The van der Waals surface area contributed by atoms with Crippen LogP contribution in [0, 0.1) is 0 Å². The van der Waals surface area contributed by atoms with E-state index in [1.165, 1.54) is 5.56 Å². The predicted octanol–water partition coefficient (Wildman–Crippen LogP) is 3.14. The highest BCUT2D eigenvalue weighted by Gasteiger charge is 2.36. The molecule has 0 amide bonds. The van der Waals surface area contributed by atoms with Gasteiger partial charge in [-0.3, -0.25) is 0 Å². The molecular formula is C13H18O. The third-order valence-corrected chi connectivity index (χ3v) is 3.24. The van der Waals surface area contributed by atoms with Gasteiger partial charge in [0, 0.05) is 5.41 Å². The topological polar surface area (TPSA) is 9.23 Å². The van der Waals surface area contributed by atoms with Gasteiger partial charge in [0.1, 0.15) is 0 Å². The second-order valence-electron chi connectivity index (χ2n) is 4.47. The number of hydrogen-bond acceptors (Lipinski definition) is 1. The first-order valence-corrected chi connectivity index (χ1v) is 5.42. The Morgan fingerprint density at radius 1 is 1.36 bits per heavy atom. The molecule has 1 saturated heterocycles. The van der Waals surface area contributed by atoms with Crippen molar-refractivity contribution in [3.05, 3.63) is 35.9 Å². The first-order valence-electron chi connectivity index (χ1n) is 5.42. The molecule has 2 rings (SSSR count). The number of benzene rings is 1. The van der Waals surface area contributed by atoms with Gasteiger partial charge < -0.3 is 4.74 Å². The van der Waals surface area contributed by atoms with Crippen LogP contribution in [0.3, 0.4) is 0 Å². The van der Waals surface area contributed by atoms with E-state index in [4.69, 9.17) is 4.74 Å². The van der Waals surface area contributed by atoms with Crippen molar-refractivity contribution in [1.29, 1.82) is 0 Å². The van der Waals surface area contributed by atoms with Crippen LogP contribution in [-0.4, -0.2) is 12.7 Å². The molecule has 1 aromatic carbocycles. The van der Waals surface area contributed by atoms with Crippen LogP contribution in [0.1, 0.15) is 32.3 Å². The van der Waals surface area contributed by atoms with Crippen LogP contribution < -0.4 is 0 Å². The minimum atomic E-state index is 0.238. The van der Waals surface area contributed by atoms with Gasteiger partial charge in [-0.25, -0.2) is 0 Å². The van der Waals surface area contributed by atoms with E-state index in [9.17, 15) is 0 Å². The number of hydrogen-bond donors (Lipinski definition) is 0. The minimum Gasteiger partial charge on any atom is -0.377 e. The molecule has 1 heterocycles. The summed E-state index contributed by atoms with van der Waals surface area (Å²) in [6.45, 7) is 5.37. The smallest absolute Gasteiger partial charge is 0.0582 e. The molecule has 1 aromatic rings. The predicted molar refractivity (Wildman–Crippen MR) is 58.4 cm³/mol. The zero-order chi connectivity index (χ0) is 10.0. The lowest BCUT2D eigenvalue weighted by atomic mass is 9.80. The maximum Gasteiger partial charge on any atom is 0.0582 e. The van der Waals surface area contributed by atoms with Crippen LogP contribution in [0.15, 0.2) is 30.3 Å². The molecule has 0 aliphatic carbocycles. The van der Waals surface area contributed by atoms with Gasteiger partial charge in [-0.15, -0.1) is 0 Å². The second kappa shape index (κ2) is 3.74. The summed E-state index contributed by atoms with van der Waals surface area (Å²) in [5.41, 5.74) is 1.65. The molecule has 0 N–H and O–H groups in total. The molecule has 1 aliphatic heterocycles. The summed E-state index contributed by atoms with van der Waals surface area (Å²) in [7, 11) is 0. The largest absolute Gasteiger partial charge is 0.377 e. The molecule has 1 aliphatic rings. The zero-order valence-corrected chi connectivity index (χ0v) is 8.99. The quantitative estimate of drug-likeness (QED) is 0.696. The molecule has 2 atom stereocenters. The van der Waals surface area contributed by atoms with Gasteiger partial charge in [-0.1, -0.05) is 44.2 Å². The number of rotatable bonds is 2. The van der Waals surface area contributed by atoms with Crippen LogP contribution in [0.4, 0.5) is 0 Å². The van der Waals surface area contributed by atoms with Gasteiger partial charge >= 0.3 is 0 Å². The molecule has 1 fully saturated rings. The maximum absolute atomic E-state index is 5.77. The van der Waals surface area contributed by atoms with Crippen LogP contribution in [0.2, 0.25) is 0 Å². The summed E-state index contributed by atoms with van der Waals surface area (Å²) >= 11 is 0. The van der Waals surface area contributed by atoms with Crippen molar-refractivity contribution in [1.82, 2.24) is 0 Å². The van der Waals surface area contributed by atoms with Crippen LogP contribution in [0.5, 0.6) is 0 Å². The van der Waals surface area contributed by atoms with Crippen molar-refractivity contribution in [2.75, 3.05) is 6.61 Å². The lowest BCUT2D eigenvalue weighted by Gasteiger charge is -2.22. The zero-order valence-electron chi connectivity index (χ0n) is 8.99. The lowest BCUT2D eigenvalue weighted by molar-refractivity contribution is 0.102. The van der Waals surface area contributed by atoms with E-state index in [0.29, 0.717) is 6.10 Å². The summed E-state index contributed by atoms with van der Waals surface area (Å²) < 4.78 is 5.77. The Morgan fingerprint density at radius 3 is 2.64 bits per heavy atom. The van der Waals surface area contributed by atoms with Crippen molar-refractivity contribution in [2.24, 2.45) is 0 Å². The standard InChI is InChI=1S/C13H18O/c1-3-12-9-13(2,10-14-12)11-7-5-4-6-8-11/h4-8,12H,3,9-10H2,1-2H3. The molecule has 0 radical (unpaired) electrons. The molecule has 1 nitrogen and oxygen atoms in total. The Kier molecular flexibility index (Phi) is 2.60. The van der Waals surface area contributed by atoms with E-state index in [1.54, 1.807) is 0 Å². The van der Waals surface area contributed by atoms with Crippen LogP contribution in [0.25, 0.3) is 0 Å². The Bertz CT molecular complexity index is 293. The van der Waals surface area contributed by atoms with Gasteiger partial charge in [0.15, 0.2) is 0 Å². The Morgan fingerprint density at radius 2 is 2.07 bits per heavy atom. The van der Waals surface area contributed by atoms with Crippen LogP contribution in [-0.2, 0) is 10.2 Å². The highest BCUT2D eigenvalue weighted by atomic mass is 16.5. The van der Waals surface area contributed by atoms with Gasteiger partial charge in [-0.05, 0) is 18.4 Å². The van der Waals surface area contributed by atoms with Gasteiger partial charge in [-0.2, -0.15) is 0 Å². The van der Waals surface area contributed by atoms with Crippen molar-refractivity contribution < 1.29 is 4.74 Å². The first kappa shape index (κ1) is 9.72. The SMILES string of the molecule is CCC1CC(C)(c2ccccc2)CO1. The fourth-order valence-corrected chi connectivity index (χ4v) is 2.23. The summed E-state index contributed by atoms with van der Waals surface area (Å²) in [5, 5.41) is 0. The van der Waals surface area contributed by atoms with Gasteiger partial charge in [0.25, 0.3) is 0 Å². The molecule has 0 spiro atoms. The van der Waals surface area contributed by atoms with Gasteiger partial charge in [0.05, 0.1) is 12.7 Å². The van der Waals surface area contributed by atoms with Crippen molar-refractivity contribution in [2.45, 2.75) is 38.2 Å². The van der Waals surface area contributed by atoms with E-state index in [1.807, 2.05) is 0 Å². The fourth-order valence-electron chi connectivity index (χ4n) is 2.23. The third kappa shape index (κ3) is 1.69. The molecule has 0 saturated carbocycles. The van der Waals surface area contributed by atoms with E-state index in [0.717, 1.165) is 19.4 Å². The summed E-state index contributed by atoms with van der Waals surface area (Å²) in [6, 6.07) is 10.7. The highest BCUT2D eigenvalue weighted by Crippen LogP contribution is 2.36. The van der Waals surface area contributed by atoms with E-state index < -0.39 is 0 Å². The summed E-state index contributed by atoms with van der Waals surface area (Å²) in [6.07, 6.45) is 2.75. The highest BCUT2D eigenvalue weighted by molar-refractivity contribution is 5.25. The molecule has 0 bridgehead atoms. The summed E-state index contributed by atoms with van der Waals surface area (Å²) in [5.74, 6) is 0. The third-order valence-electron chi connectivity index (χ3n) is 3.24. The minimum absolute atomic E-state index is 0.238. The maximum atomic E-state index is 5.77. The van der Waals surface area contributed by atoms with Crippen LogP contribution >= 0.6 is 0 Å². The van der Waals surface area contributed by atoms with Crippen molar-refractivity contribution in [3.63, 3.8) is 0 Å². The molecule has 76 valence electrons. The monoisotopic (exact) mass is 190 g/mol. The molecular weight excluding hydrogens is 172 g/mol. The van der Waals surface area contributed by atoms with E-state index in [-0.39, 0.29) is 5.41 Å². The Balaban J connectivity index is 2.19. The fraction of sp³-hybridized carbons (Fsp3) is 0.538. The molecule has 0 aromatic heterocycles. The Labute approximate surface area is 86.1 Å². The molecule has 2 unspecified atom stereocenters. The van der Waals surface area contributed by atoms with E-state index in [2.05, 4.69) is 44.2 Å². The first-order chi connectivity index (χ1) is 6.74. The Hall–Kier alpha value is -0.820. The van der Waals surface area contributed by atoms with Crippen molar-refractivity contribution in [3.8, 4) is 0 Å². The average Bonchev–Trinajstić information content (AvgIpc) is 2.63. The molecule has 14 heavy (non-hydrogen) atoms. The van der Waals surface area contributed by atoms with Crippen molar-refractivity contribution >= 4 is 0 Å². The average molecular weight is 190 g/mol. The van der Waals surface area contributed by atoms with Gasteiger partial charge in [0.2, 0.25) is 0 Å². The lowest BCUT2D eigenvalue weighted by Crippen LogP contribution is -2.21.